The molecule has 13 heavy (non-hydrogen) atoms. The molecule has 4 nitrogen and oxygen atoms in total. The Morgan fingerprint density at radius 2 is 2.15 bits per heavy atom. The van der Waals surface area contributed by atoms with Crippen LogP contribution in [0.15, 0.2) is 12.1 Å². The maximum Gasteiger partial charge on any atom is 0.488 e. The van der Waals surface area contributed by atoms with Crippen LogP contribution in [0.2, 0.25) is 0 Å². The fourth-order valence-corrected chi connectivity index (χ4v) is 0.846. The smallest absolute Gasteiger partial charge is 0.423 e. The predicted octanol–water partition coefficient (Wildman–Crippen LogP) is -0.897. The molecule has 0 amide bonds. The van der Waals surface area contributed by atoms with Gasteiger partial charge in [0.1, 0.15) is 5.69 Å². The summed E-state index contributed by atoms with van der Waals surface area (Å²) in [6.45, 7) is 1.22. The van der Waals surface area contributed by atoms with E-state index in [1.165, 1.54) is 6.92 Å². The van der Waals surface area contributed by atoms with Crippen molar-refractivity contribution in [3.05, 3.63) is 23.8 Å². The van der Waals surface area contributed by atoms with Crippen LogP contribution in [-0.2, 0) is 0 Å². The highest BCUT2D eigenvalue weighted by atomic mass is 19.1. The number of halogens is 1. The van der Waals surface area contributed by atoms with Gasteiger partial charge in [0.05, 0.1) is 0 Å². The third-order valence-corrected chi connectivity index (χ3v) is 1.48. The molecule has 0 atom stereocenters. The first kappa shape index (κ1) is 9.82. The number of carbonyl (C=O) groups excluding carboxylic acids is 1. The van der Waals surface area contributed by atoms with Crippen molar-refractivity contribution >= 4 is 18.4 Å². The van der Waals surface area contributed by atoms with Gasteiger partial charge in [-0.3, -0.25) is 4.79 Å². The molecule has 0 aliphatic rings. The molecule has 6 heteroatoms. The maximum absolute atomic E-state index is 12.7. The average Bonchev–Trinajstić information content (AvgIpc) is 2.03. The molecule has 0 aromatic carbocycles. The number of nitrogens with zero attached hydrogens (tertiary/aromatic N) is 1. The van der Waals surface area contributed by atoms with E-state index in [0.29, 0.717) is 0 Å². The van der Waals surface area contributed by atoms with E-state index in [4.69, 9.17) is 10.0 Å². The molecule has 1 heterocycles. The van der Waals surface area contributed by atoms with E-state index in [9.17, 15) is 9.18 Å². The molecular formula is C7H7BFNO3. The highest BCUT2D eigenvalue weighted by Crippen LogP contribution is 1.97. The first-order valence-electron chi connectivity index (χ1n) is 3.55. The number of carbonyl (C=O) groups is 1. The molecule has 0 saturated carbocycles. The molecule has 0 bridgehead atoms. The van der Waals surface area contributed by atoms with Gasteiger partial charge in [-0.2, -0.15) is 4.39 Å². The van der Waals surface area contributed by atoms with Crippen molar-refractivity contribution in [3.8, 4) is 0 Å². The Hall–Kier alpha value is -1.27. The van der Waals surface area contributed by atoms with Crippen molar-refractivity contribution in [1.82, 2.24) is 4.98 Å². The molecule has 0 unspecified atom stereocenters. The van der Waals surface area contributed by atoms with E-state index in [-0.39, 0.29) is 11.2 Å². The van der Waals surface area contributed by atoms with Crippen LogP contribution >= 0.6 is 0 Å². The van der Waals surface area contributed by atoms with Crippen LogP contribution in [-0.4, -0.2) is 27.9 Å². The number of hydrogen-bond donors (Lipinski definition) is 2. The third-order valence-electron chi connectivity index (χ3n) is 1.48. The maximum atomic E-state index is 12.7. The SMILES string of the molecule is CC(=O)c1cc(B(O)O)cc(F)n1. The summed E-state index contributed by atoms with van der Waals surface area (Å²) in [6, 6.07) is 1.99. The van der Waals surface area contributed by atoms with Gasteiger partial charge < -0.3 is 10.0 Å². The van der Waals surface area contributed by atoms with Gasteiger partial charge in [0.15, 0.2) is 5.78 Å². The first-order valence-corrected chi connectivity index (χ1v) is 3.55. The minimum atomic E-state index is -1.80. The molecule has 1 aromatic rings. The number of pyridine rings is 1. The van der Waals surface area contributed by atoms with E-state index >= 15 is 0 Å². The van der Waals surface area contributed by atoms with Crippen LogP contribution in [0.1, 0.15) is 17.4 Å². The second-order valence-electron chi connectivity index (χ2n) is 2.54. The number of aromatic nitrogens is 1. The molecular weight excluding hydrogens is 176 g/mol. The zero-order chi connectivity index (χ0) is 10.0. The average molecular weight is 183 g/mol. The van der Waals surface area contributed by atoms with E-state index in [0.717, 1.165) is 12.1 Å². The second kappa shape index (κ2) is 3.63. The van der Waals surface area contributed by atoms with E-state index in [1.807, 2.05) is 0 Å². The Morgan fingerprint density at radius 1 is 1.54 bits per heavy atom. The van der Waals surface area contributed by atoms with Crippen molar-refractivity contribution in [1.29, 1.82) is 0 Å². The summed E-state index contributed by atoms with van der Waals surface area (Å²) >= 11 is 0. The summed E-state index contributed by atoms with van der Waals surface area (Å²) in [5.41, 5.74) is -0.208. The van der Waals surface area contributed by atoms with Crippen molar-refractivity contribution in [2.45, 2.75) is 6.92 Å². The van der Waals surface area contributed by atoms with Gasteiger partial charge in [-0.25, -0.2) is 4.98 Å². The van der Waals surface area contributed by atoms with Crippen LogP contribution in [0.4, 0.5) is 4.39 Å². The summed E-state index contributed by atoms with van der Waals surface area (Å²) in [6.07, 6.45) is 0. The Kier molecular flexibility index (Phi) is 2.74. The zero-order valence-electron chi connectivity index (χ0n) is 6.86. The molecule has 0 saturated heterocycles. The van der Waals surface area contributed by atoms with Crippen molar-refractivity contribution < 1.29 is 19.2 Å². The van der Waals surface area contributed by atoms with Crippen LogP contribution < -0.4 is 5.46 Å². The monoisotopic (exact) mass is 183 g/mol. The minimum absolute atomic E-state index is 0.0855. The van der Waals surface area contributed by atoms with E-state index in [1.54, 1.807) is 0 Å². The molecule has 0 aliphatic carbocycles. The van der Waals surface area contributed by atoms with Gasteiger partial charge in [-0.05, 0) is 17.6 Å². The molecule has 1 aromatic heterocycles. The van der Waals surface area contributed by atoms with E-state index < -0.39 is 18.8 Å². The quantitative estimate of drug-likeness (QED) is 0.354. The second-order valence-corrected chi connectivity index (χ2v) is 2.54. The minimum Gasteiger partial charge on any atom is -0.423 e. The first-order chi connectivity index (χ1) is 6.00. The lowest BCUT2D eigenvalue weighted by Crippen LogP contribution is -2.31. The van der Waals surface area contributed by atoms with Crippen LogP contribution in [0.3, 0.4) is 0 Å². The normalized spacial score (nSPS) is 9.85. The van der Waals surface area contributed by atoms with Crippen molar-refractivity contribution in [3.63, 3.8) is 0 Å². The molecule has 0 spiro atoms. The lowest BCUT2D eigenvalue weighted by molar-refractivity contribution is 0.101. The van der Waals surface area contributed by atoms with Gasteiger partial charge in [0, 0.05) is 6.92 Å². The summed E-state index contributed by atoms with van der Waals surface area (Å²) in [5, 5.41) is 17.4. The zero-order valence-corrected chi connectivity index (χ0v) is 6.86. The van der Waals surface area contributed by atoms with Gasteiger partial charge in [-0.15, -0.1) is 0 Å². The van der Waals surface area contributed by atoms with Crippen LogP contribution in [0.5, 0.6) is 0 Å². The lowest BCUT2D eigenvalue weighted by atomic mass is 9.80. The van der Waals surface area contributed by atoms with Crippen molar-refractivity contribution in [2.75, 3.05) is 0 Å². The Labute approximate surface area is 74.2 Å². The van der Waals surface area contributed by atoms with Crippen molar-refractivity contribution in [2.24, 2.45) is 0 Å². The molecule has 2 N–H and O–H groups in total. The molecule has 68 valence electrons. The molecule has 0 aliphatic heterocycles. The number of rotatable bonds is 2. The standard InChI is InChI=1S/C7H7BFNO3/c1-4(11)6-2-5(8(12)13)3-7(9)10-6/h2-3,12-13H,1H3. The summed E-state index contributed by atoms with van der Waals surface area (Å²) in [4.78, 5) is 14.1. The largest absolute Gasteiger partial charge is 0.488 e. The van der Waals surface area contributed by atoms with Gasteiger partial charge >= 0.3 is 7.12 Å². The number of Topliss-reactive ketones (excluding diaryl/α,β-unsaturated/α-hetero) is 1. The summed E-state index contributed by atoms with van der Waals surface area (Å²) in [5.74, 6) is -1.34. The molecule has 1 rings (SSSR count). The highest BCUT2D eigenvalue weighted by molar-refractivity contribution is 6.58. The Balaban J connectivity index is 3.19. The molecule has 0 radical (unpaired) electrons. The van der Waals surface area contributed by atoms with Gasteiger partial charge in [-0.1, -0.05) is 0 Å². The fourth-order valence-electron chi connectivity index (χ4n) is 0.846. The van der Waals surface area contributed by atoms with Gasteiger partial charge in [0.2, 0.25) is 5.95 Å². The highest BCUT2D eigenvalue weighted by Gasteiger charge is 2.15. The Bertz CT molecular complexity index is 343. The lowest BCUT2D eigenvalue weighted by Gasteiger charge is -2.01. The topological polar surface area (TPSA) is 70.4 Å². The van der Waals surface area contributed by atoms with E-state index in [2.05, 4.69) is 4.98 Å². The summed E-state index contributed by atoms with van der Waals surface area (Å²) < 4.78 is 12.7. The number of hydrogen-bond acceptors (Lipinski definition) is 4. The molecule has 0 fully saturated rings. The summed E-state index contributed by atoms with van der Waals surface area (Å²) in [7, 11) is -1.80. The number of ketones is 1. The van der Waals surface area contributed by atoms with Crippen LogP contribution in [0.25, 0.3) is 0 Å². The van der Waals surface area contributed by atoms with Crippen LogP contribution in [0, 0.1) is 5.95 Å². The third kappa shape index (κ3) is 2.33. The van der Waals surface area contributed by atoms with Gasteiger partial charge in [0.25, 0.3) is 0 Å². The Morgan fingerprint density at radius 3 is 2.62 bits per heavy atom. The fraction of sp³-hybridized carbons (Fsp3) is 0.143. The predicted molar refractivity (Wildman–Crippen MR) is 44.0 cm³/mol.